The van der Waals surface area contributed by atoms with Gasteiger partial charge in [-0.2, -0.15) is 0 Å². The fraction of sp³-hybridized carbons (Fsp3) is 0.538. The minimum atomic E-state index is -3.42. The van der Waals surface area contributed by atoms with Crippen LogP contribution in [-0.4, -0.2) is 37.3 Å². The molecule has 1 aromatic rings. The number of non-ortho nitro benzene ring substituents is 1. The lowest BCUT2D eigenvalue weighted by atomic mass is 9.90. The Hall–Kier alpha value is -1.22. The maximum atomic E-state index is 12.4. The van der Waals surface area contributed by atoms with E-state index in [0.29, 0.717) is 25.2 Å². The summed E-state index contributed by atoms with van der Waals surface area (Å²) < 4.78 is 26.2. The first kappa shape index (κ1) is 18.8. The number of hydrogen-bond donors (Lipinski definition) is 1. The predicted octanol–water partition coefficient (Wildman–Crippen LogP) is 1.52. The van der Waals surface area contributed by atoms with Crippen LogP contribution in [0.1, 0.15) is 18.9 Å². The Kier molecular flexibility index (Phi) is 5.91. The molecule has 1 unspecified atom stereocenters. The van der Waals surface area contributed by atoms with Gasteiger partial charge in [0.25, 0.3) is 5.69 Å². The van der Waals surface area contributed by atoms with Crippen molar-refractivity contribution in [2.45, 2.75) is 19.1 Å². The number of rotatable bonds is 5. The molecule has 0 amide bonds. The zero-order valence-corrected chi connectivity index (χ0v) is 13.9. The Morgan fingerprint density at radius 1 is 1.36 bits per heavy atom. The Balaban J connectivity index is 0.00000242. The molecule has 1 aliphatic rings. The highest BCUT2D eigenvalue weighted by Gasteiger charge is 2.38. The van der Waals surface area contributed by atoms with Gasteiger partial charge >= 0.3 is 0 Å². The molecular formula is C13H20ClN3O4S. The summed E-state index contributed by atoms with van der Waals surface area (Å²) in [5.41, 5.74) is 6.02. The monoisotopic (exact) mass is 349 g/mol. The maximum absolute atomic E-state index is 12.4. The lowest BCUT2D eigenvalue weighted by molar-refractivity contribution is -0.384. The van der Waals surface area contributed by atoms with E-state index in [-0.39, 0.29) is 29.3 Å². The maximum Gasteiger partial charge on any atom is 0.269 e. The topological polar surface area (TPSA) is 107 Å². The van der Waals surface area contributed by atoms with Gasteiger partial charge in [-0.15, -0.1) is 12.4 Å². The smallest absolute Gasteiger partial charge is 0.269 e. The number of sulfonamides is 1. The van der Waals surface area contributed by atoms with E-state index in [0.717, 1.165) is 6.42 Å². The first-order valence-corrected chi connectivity index (χ1v) is 8.28. The Labute approximate surface area is 136 Å². The number of nitro groups is 1. The molecule has 7 nitrogen and oxygen atoms in total. The van der Waals surface area contributed by atoms with Crippen molar-refractivity contribution in [1.82, 2.24) is 4.31 Å². The van der Waals surface area contributed by atoms with Crippen LogP contribution in [0.2, 0.25) is 0 Å². The number of hydrogen-bond acceptors (Lipinski definition) is 5. The first-order valence-electron chi connectivity index (χ1n) is 6.67. The van der Waals surface area contributed by atoms with E-state index in [4.69, 9.17) is 5.73 Å². The van der Waals surface area contributed by atoms with Gasteiger partial charge in [-0.1, -0.05) is 19.1 Å². The minimum absolute atomic E-state index is 0. The summed E-state index contributed by atoms with van der Waals surface area (Å²) in [6, 6.07) is 5.60. The van der Waals surface area contributed by atoms with Crippen LogP contribution in [0.4, 0.5) is 5.69 Å². The van der Waals surface area contributed by atoms with Crippen LogP contribution >= 0.6 is 12.4 Å². The molecule has 1 atom stereocenters. The molecule has 1 aromatic carbocycles. The van der Waals surface area contributed by atoms with Crippen LogP contribution in [0.5, 0.6) is 0 Å². The summed E-state index contributed by atoms with van der Waals surface area (Å²) in [7, 11) is -3.42. The van der Waals surface area contributed by atoms with Crippen molar-refractivity contribution >= 4 is 28.1 Å². The van der Waals surface area contributed by atoms with Crippen molar-refractivity contribution in [2.24, 2.45) is 11.1 Å². The van der Waals surface area contributed by atoms with E-state index in [1.807, 2.05) is 6.92 Å². The molecule has 0 aromatic heterocycles. The average molecular weight is 350 g/mol. The van der Waals surface area contributed by atoms with E-state index < -0.39 is 14.9 Å². The number of benzene rings is 1. The second-order valence-electron chi connectivity index (χ2n) is 5.78. The van der Waals surface area contributed by atoms with Crippen molar-refractivity contribution < 1.29 is 13.3 Å². The van der Waals surface area contributed by atoms with Crippen molar-refractivity contribution in [3.8, 4) is 0 Å². The van der Waals surface area contributed by atoms with Crippen LogP contribution in [0.3, 0.4) is 0 Å². The number of nitro benzene ring substituents is 1. The molecule has 0 aliphatic carbocycles. The highest BCUT2D eigenvalue weighted by atomic mass is 35.5. The van der Waals surface area contributed by atoms with Gasteiger partial charge in [-0.05, 0) is 23.9 Å². The van der Waals surface area contributed by atoms with E-state index in [1.54, 1.807) is 0 Å². The third kappa shape index (κ3) is 4.16. The second kappa shape index (κ2) is 6.91. The lowest BCUT2D eigenvalue weighted by Crippen LogP contribution is -2.35. The third-order valence-corrected chi connectivity index (χ3v) is 5.70. The minimum Gasteiger partial charge on any atom is -0.330 e. The molecule has 1 aliphatic heterocycles. The highest BCUT2D eigenvalue weighted by Crippen LogP contribution is 2.31. The summed E-state index contributed by atoms with van der Waals surface area (Å²) >= 11 is 0. The van der Waals surface area contributed by atoms with Gasteiger partial charge in [0.2, 0.25) is 10.0 Å². The fourth-order valence-electron chi connectivity index (χ4n) is 2.40. The molecule has 9 heteroatoms. The summed E-state index contributed by atoms with van der Waals surface area (Å²) in [6.07, 6.45) is 0.753. The Bertz CT molecular complexity index is 635. The molecule has 0 radical (unpaired) electrons. The molecule has 0 bridgehead atoms. The number of nitrogens with two attached hydrogens (primary N) is 1. The molecule has 22 heavy (non-hydrogen) atoms. The van der Waals surface area contributed by atoms with Crippen LogP contribution < -0.4 is 5.73 Å². The van der Waals surface area contributed by atoms with Crippen molar-refractivity contribution in [3.05, 3.63) is 39.9 Å². The molecule has 2 rings (SSSR count). The van der Waals surface area contributed by atoms with Crippen LogP contribution in [0.15, 0.2) is 24.3 Å². The van der Waals surface area contributed by atoms with Crippen molar-refractivity contribution in [1.29, 1.82) is 0 Å². The molecule has 1 saturated heterocycles. The lowest BCUT2D eigenvalue weighted by Gasteiger charge is -2.22. The Morgan fingerprint density at radius 3 is 2.41 bits per heavy atom. The second-order valence-corrected chi connectivity index (χ2v) is 7.75. The fourth-order valence-corrected chi connectivity index (χ4v) is 4.07. The van der Waals surface area contributed by atoms with E-state index in [1.165, 1.54) is 28.6 Å². The number of nitrogens with zero attached hydrogens (tertiary/aromatic N) is 2. The van der Waals surface area contributed by atoms with Crippen LogP contribution in [-0.2, 0) is 15.8 Å². The zero-order chi connectivity index (χ0) is 15.7. The highest BCUT2D eigenvalue weighted by molar-refractivity contribution is 7.88. The molecular weight excluding hydrogens is 330 g/mol. The van der Waals surface area contributed by atoms with E-state index in [2.05, 4.69) is 0 Å². The standard InChI is InChI=1S/C13H19N3O4S.ClH/c1-13(9-14)6-7-15(10-13)21(19,20)8-11-2-4-12(5-3-11)16(17)18;/h2-5H,6-10,14H2,1H3;1H. The molecule has 1 heterocycles. The SMILES string of the molecule is CC1(CN)CCN(S(=O)(=O)Cc2ccc([N+](=O)[O-])cc2)C1.Cl. The van der Waals surface area contributed by atoms with Gasteiger partial charge in [0.15, 0.2) is 0 Å². The third-order valence-electron chi connectivity index (χ3n) is 3.91. The zero-order valence-electron chi connectivity index (χ0n) is 12.3. The average Bonchev–Trinajstić information content (AvgIpc) is 2.83. The summed E-state index contributed by atoms with van der Waals surface area (Å²) in [5.74, 6) is -0.147. The van der Waals surface area contributed by atoms with Gasteiger partial charge in [0.05, 0.1) is 10.7 Å². The quantitative estimate of drug-likeness (QED) is 0.640. The molecule has 0 saturated carbocycles. The van der Waals surface area contributed by atoms with Gasteiger partial charge in [-0.25, -0.2) is 12.7 Å². The van der Waals surface area contributed by atoms with E-state index >= 15 is 0 Å². The number of halogens is 1. The molecule has 124 valence electrons. The van der Waals surface area contributed by atoms with Gasteiger partial charge in [0.1, 0.15) is 0 Å². The van der Waals surface area contributed by atoms with Crippen molar-refractivity contribution in [3.63, 3.8) is 0 Å². The predicted molar refractivity (Wildman–Crippen MR) is 86.3 cm³/mol. The summed E-state index contributed by atoms with van der Waals surface area (Å²) in [4.78, 5) is 10.1. The van der Waals surface area contributed by atoms with Gasteiger partial charge < -0.3 is 5.73 Å². The summed E-state index contributed by atoms with van der Waals surface area (Å²) in [5, 5.41) is 10.6. The Morgan fingerprint density at radius 2 is 1.95 bits per heavy atom. The molecule has 2 N–H and O–H groups in total. The van der Waals surface area contributed by atoms with Crippen molar-refractivity contribution in [2.75, 3.05) is 19.6 Å². The largest absolute Gasteiger partial charge is 0.330 e. The van der Waals surface area contributed by atoms with E-state index in [9.17, 15) is 18.5 Å². The normalized spacial score (nSPS) is 22.3. The van der Waals surface area contributed by atoms with Crippen LogP contribution in [0.25, 0.3) is 0 Å². The molecule has 1 fully saturated rings. The van der Waals surface area contributed by atoms with Gasteiger partial charge in [0, 0.05) is 25.2 Å². The van der Waals surface area contributed by atoms with Crippen LogP contribution in [0, 0.1) is 15.5 Å². The van der Waals surface area contributed by atoms with Gasteiger partial charge in [-0.3, -0.25) is 10.1 Å². The summed E-state index contributed by atoms with van der Waals surface area (Å²) in [6.45, 7) is 3.34. The first-order chi connectivity index (χ1) is 9.76. The molecule has 0 spiro atoms.